The molecule has 3 rings (SSSR count). The maximum absolute atomic E-state index is 12.0. The van der Waals surface area contributed by atoms with E-state index >= 15 is 0 Å². The number of rotatable bonds is 8. The summed E-state index contributed by atoms with van der Waals surface area (Å²) in [6.45, 7) is 10.6. The molecule has 0 saturated carbocycles. The van der Waals surface area contributed by atoms with E-state index in [1.807, 2.05) is 30.3 Å². The summed E-state index contributed by atoms with van der Waals surface area (Å²) in [6.07, 6.45) is -0.609. The number of nitrogens with two attached hydrogens (primary N) is 1. The molecular weight excluding hydrogens is 440 g/mol. The van der Waals surface area contributed by atoms with Crippen molar-refractivity contribution >= 4 is 47.4 Å². The van der Waals surface area contributed by atoms with Crippen molar-refractivity contribution in [3.8, 4) is 0 Å². The van der Waals surface area contributed by atoms with Crippen LogP contribution in [0, 0.1) is 0 Å². The van der Waals surface area contributed by atoms with Gasteiger partial charge in [-0.05, 0) is 47.3 Å². The molecule has 0 unspecified atom stereocenters. The van der Waals surface area contributed by atoms with Gasteiger partial charge in [0.15, 0.2) is 5.69 Å². The Morgan fingerprint density at radius 3 is 2.55 bits per heavy atom. The van der Waals surface area contributed by atoms with Crippen molar-refractivity contribution in [1.29, 1.82) is 0 Å². The van der Waals surface area contributed by atoms with Gasteiger partial charge < -0.3 is 10.5 Å². The molecule has 3 N–H and O–H groups in total. The van der Waals surface area contributed by atoms with Gasteiger partial charge in [0.05, 0.1) is 24.0 Å². The lowest BCUT2D eigenvalue weighted by atomic mass is 10.0. The largest absolute Gasteiger partial charge is 0.450 e. The average Bonchev–Trinajstić information content (AvgIpc) is 2.80. The Labute approximate surface area is 197 Å². The second-order valence-electron chi connectivity index (χ2n) is 7.13. The Bertz CT molecular complexity index is 1230. The molecule has 0 atom stereocenters. The molecule has 1 aromatic heterocycles. The first kappa shape index (κ1) is 23.7. The summed E-state index contributed by atoms with van der Waals surface area (Å²) in [7, 11) is 0. The number of anilines is 1. The second kappa shape index (κ2) is 10.6. The van der Waals surface area contributed by atoms with Crippen LogP contribution in [-0.4, -0.2) is 34.9 Å². The summed E-state index contributed by atoms with van der Waals surface area (Å²) in [5.74, 6) is -0.271. The monoisotopic (exact) mass is 463 g/mol. The molecule has 0 fully saturated rings. The number of amides is 2. The molecule has 0 aliphatic carbocycles. The minimum atomic E-state index is -0.609. The lowest BCUT2D eigenvalue weighted by Crippen LogP contribution is -2.17. The van der Waals surface area contributed by atoms with E-state index in [0.29, 0.717) is 39.9 Å². The van der Waals surface area contributed by atoms with E-state index in [0.717, 1.165) is 5.56 Å². The SMILES string of the molecule is C=C(c1ccc(Cl)c(NC(=O)OCC)c1)c1ccc(C(N)=O)c([N+](=C)Cc2ccccc2)n1. The summed E-state index contributed by atoms with van der Waals surface area (Å²) in [5, 5.41) is 2.96. The molecule has 0 radical (unpaired) electrons. The first-order valence-electron chi connectivity index (χ1n) is 10.2. The molecule has 7 nitrogen and oxygen atoms in total. The molecule has 0 spiro atoms. The van der Waals surface area contributed by atoms with E-state index in [-0.39, 0.29) is 12.2 Å². The molecule has 8 heteroatoms. The summed E-state index contributed by atoms with van der Waals surface area (Å²) in [6, 6.07) is 18.0. The number of primary amides is 1. The number of nitrogens with one attached hydrogen (secondary N) is 1. The van der Waals surface area contributed by atoms with Crippen LogP contribution in [0.4, 0.5) is 16.3 Å². The summed E-state index contributed by atoms with van der Waals surface area (Å²) >= 11 is 6.21. The van der Waals surface area contributed by atoms with Gasteiger partial charge in [-0.15, -0.1) is 0 Å². The summed E-state index contributed by atoms with van der Waals surface area (Å²) in [5.41, 5.74) is 8.95. The first-order chi connectivity index (χ1) is 15.8. The van der Waals surface area contributed by atoms with Crippen LogP contribution in [-0.2, 0) is 11.3 Å². The zero-order valence-corrected chi connectivity index (χ0v) is 18.9. The maximum atomic E-state index is 12.0. The van der Waals surface area contributed by atoms with Gasteiger partial charge in [-0.3, -0.25) is 10.1 Å². The number of aromatic nitrogens is 1. The van der Waals surface area contributed by atoms with Crippen LogP contribution in [0.25, 0.3) is 5.57 Å². The fraction of sp³-hybridized carbons (Fsp3) is 0.120. The number of hydrogen-bond acceptors (Lipinski definition) is 4. The minimum absolute atomic E-state index is 0.235. The first-order valence-corrected chi connectivity index (χ1v) is 10.5. The highest BCUT2D eigenvalue weighted by atomic mass is 35.5. The van der Waals surface area contributed by atoms with E-state index in [4.69, 9.17) is 22.1 Å². The van der Waals surface area contributed by atoms with E-state index in [1.54, 1.807) is 41.8 Å². The van der Waals surface area contributed by atoms with Gasteiger partial charge in [0.25, 0.3) is 5.91 Å². The zero-order chi connectivity index (χ0) is 24.0. The van der Waals surface area contributed by atoms with Gasteiger partial charge >= 0.3 is 11.9 Å². The predicted molar refractivity (Wildman–Crippen MR) is 130 cm³/mol. The van der Waals surface area contributed by atoms with Crippen LogP contribution in [0.5, 0.6) is 0 Å². The van der Waals surface area contributed by atoms with Crippen LogP contribution in [0.15, 0.2) is 67.2 Å². The molecule has 1 heterocycles. The topological polar surface area (TPSA) is 97.3 Å². The van der Waals surface area contributed by atoms with Crippen molar-refractivity contribution in [3.05, 3.63) is 94.6 Å². The van der Waals surface area contributed by atoms with Crippen LogP contribution in [0.2, 0.25) is 5.02 Å². The zero-order valence-electron chi connectivity index (χ0n) is 18.2. The molecule has 0 saturated heterocycles. The molecule has 0 bridgehead atoms. The molecule has 33 heavy (non-hydrogen) atoms. The smallest absolute Gasteiger partial charge is 0.411 e. The van der Waals surface area contributed by atoms with E-state index in [1.165, 1.54) is 0 Å². The van der Waals surface area contributed by atoms with Gasteiger partial charge in [0.1, 0.15) is 12.1 Å². The summed E-state index contributed by atoms with van der Waals surface area (Å²) < 4.78 is 6.53. The average molecular weight is 464 g/mol. The minimum Gasteiger partial charge on any atom is -0.450 e. The second-order valence-corrected chi connectivity index (χ2v) is 7.54. The van der Waals surface area contributed by atoms with Crippen LogP contribution in [0.1, 0.15) is 34.1 Å². The Kier molecular flexibility index (Phi) is 7.58. The fourth-order valence-electron chi connectivity index (χ4n) is 3.16. The molecule has 2 aromatic carbocycles. The third-order valence-corrected chi connectivity index (χ3v) is 5.12. The van der Waals surface area contributed by atoms with Crippen molar-refractivity contribution in [3.63, 3.8) is 0 Å². The number of nitrogens with zero attached hydrogens (tertiary/aromatic N) is 2. The van der Waals surface area contributed by atoms with Gasteiger partial charge in [0.2, 0.25) is 0 Å². The molecular formula is C25H24ClN4O3+. The van der Waals surface area contributed by atoms with Crippen molar-refractivity contribution in [2.24, 2.45) is 5.73 Å². The molecule has 3 aromatic rings. The highest BCUT2D eigenvalue weighted by molar-refractivity contribution is 6.33. The predicted octanol–water partition coefficient (Wildman–Crippen LogP) is 5.01. The normalized spacial score (nSPS) is 10.4. The Balaban J connectivity index is 1.94. The maximum Gasteiger partial charge on any atom is 0.411 e. The lowest BCUT2D eigenvalue weighted by Gasteiger charge is -2.11. The standard InChI is InChI=1S/C25H23ClN4O3/c1-4-33-25(32)29-22-14-18(10-12-20(22)26)16(2)21-13-11-19(23(27)31)24(28-21)30(3)15-17-8-6-5-7-9-17/h5-14H,2-4,15H2,1H3,(H2-,27,29,31,32)/p+1. The molecule has 0 aliphatic heterocycles. The Hall–Kier alpha value is -3.97. The third-order valence-electron chi connectivity index (χ3n) is 4.79. The number of benzene rings is 2. The lowest BCUT2D eigenvalue weighted by molar-refractivity contribution is -0.453. The van der Waals surface area contributed by atoms with Gasteiger partial charge in [-0.25, -0.2) is 9.37 Å². The van der Waals surface area contributed by atoms with Crippen molar-refractivity contribution in [2.75, 3.05) is 11.9 Å². The summed E-state index contributed by atoms with van der Waals surface area (Å²) in [4.78, 5) is 28.4. The van der Waals surface area contributed by atoms with Crippen LogP contribution in [0.3, 0.4) is 0 Å². The number of carbonyl (C=O) groups is 2. The van der Waals surface area contributed by atoms with Crippen LogP contribution < -0.4 is 11.1 Å². The molecule has 2 amide bonds. The Morgan fingerprint density at radius 2 is 1.88 bits per heavy atom. The van der Waals surface area contributed by atoms with Gasteiger partial charge in [-0.1, -0.05) is 54.6 Å². The number of pyridine rings is 1. The van der Waals surface area contributed by atoms with Gasteiger partial charge in [-0.2, -0.15) is 0 Å². The van der Waals surface area contributed by atoms with E-state index in [9.17, 15) is 9.59 Å². The van der Waals surface area contributed by atoms with Gasteiger partial charge in [0, 0.05) is 5.57 Å². The van der Waals surface area contributed by atoms with Crippen molar-refractivity contribution in [2.45, 2.75) is 13.5 Å². The van der Waals surface area contributed by atoms with Crippen molar-refractivity contribution in [1.82, 2.24) is 4.98 Å². The highest BCUT2D eigenvalue weighted by Crippen LogP contribution is 2.30. The number of hydrogen-bond donors (Lipinski definition) is 2. The third kappa shape index (κ3) is 5.84. The number of halogens is 1. The van der Waals surface area contributed by atoms with Crippen LogP contribution >= 0.6 is 11.6 Å². The molecule has 0 aliphatic rings. The molecule has 168 valence electrons. The van der Waals surface area contributed by atoms with E-state index in [2.05, 4.69) is 23.6 Å². The highest BCUT2D eigenvalue weighted by Gasteiger charge is 2.23. The quantitative estimate of drug-likeness (QED) is 0.362. The van der Waals surface area contributed by atoms with E-state index < -0.39 is 12.0 Å². The van der Waals surface area contributed by atoms with Crippen molar-refractivity contribution < 1.29 is 18.9 Å². The number of carbonyl (C=O) groups excluding carboxylic acids is 2. The fourth-order valence-corrected chi connectivity index (χ4v) is 3.33. The number of ether oxygens (including phenoxy) is 1. The Morgan fingerprint density at radius 1 is 1.15 bits per heavy atom.